The molecule has 6 nitrogen and oxygen atoms in total. The summed E-state index contributed by atoms with van der Waals surface area (Å²) in [5, 5.41) is 0. The fourth-order valence-corrected chi connectivity index (χ4v) is 5.07. The molecule has 1 saturated heterocycles. The van der Waals surface area contributed by atoms with Gasteiger partial charge in [-0.2, -0.15) is 0 Å². The number of nitrogens with two attached hydrogens (primary N) is 1. The van der Waals surface area contributed by atoms with E-state index in [0.717, 1.165) is 54.8 Å². The van der Waals surface area contributed by atoms with Gasteiger partial charge in [0.2, 0.25) is 5.95 Å². The topological polar surface area (TPSA) is 81.3 Å². The zero-order chi connectivity index (χ0) is 21.4. The summed E-state index contributed by atoms with van der Waals surface area (Å²) < 4.78 is 5.35. The fourth-order valence-electron chi connectivity index (χ4n) is 5.07. The van der Waals surface area contributed by atoms with Gasteiger partial charge >= 0.3 is 0 Å². The van der Waals surface area contributed by atoms with Gasteiger partial charge in [-0.25, -0.2) is 9.97 Å². The molecule has 31 heavy (non-hydrogen) atoms. The first-order valence-electron chi connectivity index (χ1n) is 10.7. The molecule has 0 bridgehead atoms. The minimum Gasteiger partial charge on any atom is -0.497 e. The molecule has 2 aromatic carbocycles. The highest BCUT2D eigenvalue weighted by molar-refractivity contribution is 5.95. The fraction of sp³-hybridized carbons (Fsp3) is 0.320. The molecule has 1 spiro atoms. The van der Waals surface area contributed by atoms with Crippen molar-refractivity contribution in [1.82, 2.24) is 14.9 Å². The summed E-state index contributed by atoms with van der Waals surface area (Å²) in [6.45, 7) is 1.44. The molecule has 1 atom stereocenters. The largest absolute Gasteiger partial charge is 0.497 e. The van der Waals surface area contributed by atoms with Crippen LogP contribution in [-0.4, -0.2) is 41.0 Å². The molecule has 2 aliphatic rings. The van der Waals surface area contributed by atoms with E-state index in [4.69, 9.17) is 10.5 Å². The van der Waals surface area contributed by atoms with Crippen molar-refractivity contribution >= 4 is 11.9 Å². The molecule has 158 valence electrons. The van der Waals surface area contributed by atoms with E-state index in [1.54, 1.807) is 7.11 Å². The Balaban J connectivity index is 1.42. The number of methoxy groups -OCH3 is 1. The second kappa shape index (κ2) is 7.69. The predicted molar refractivity (Wildman–Crippen MR) is 120 cm³/mol. The Bertz CT molecular complexity index is 1140. The monoisotopic (exact) mass is 414 g/mol. The number of aromatic nitrogens is 2. The summed E-state index contributed by atoms with van der Waals surface area (Å²) in [6.07, 6.45) is 5.79. The highest BCUT2D eigenvalue weighted by atomic mass is 16.5. The van der Waals surface area contributed by atoms with E-state index < -0.39 is 0 Å². The Morgan fingerprint density at radius 2 is 1.94 bits per heavy atom. The van der Waals surface area contributed by atoms with Crippen molar-refractivity contribution in [3.8, 4) is 16.9 Å². The number of carbonyl (C=O) groups is 1. The molecule has 3 aromatic rings. The molecular weight excluding hydrogens is 388 g/mol. The van der Waals surface area contributed by atoms with Crippen LogP contribution in [0.1, 0.15) is 40.9 Å². The average Bonchev–Trinajstić information content (AvgIpc) is 3.15. The standard InChI is InChI=1S/C25H26N4O2/c1-31-21-8-3-6-18(14-21)17-5-2-7-19(13-17)23(30)29-12-4-10-25(16-29)11-9-20-15-27-24(26)28-22(20)25/h2-3,5-8,13-15H,4,9-12,16H2,1H3,(H2,26,27,28). The van der Waals surface area contributed by atoms with E-state index in [-0.39, 0.29) is 11.3 Å². The molecule has 1 aliphatic carbocycles. The molecule has 2 heterocycles. The van der Waals surface area contributed by atoms with Crippen LogP contribution in [0.3, 0.4) is 0 Å². The van der Waals surface area contributed by atoms with Gasteiger partial charge in [0, 0.05) is 30.3 Å². The third-order valence-electron chi connectivity index (χ3n) is 6.64. The van der Waals surface area contributed by atoms with Crippen LogP contribution in [0, 0.1) is 0 Å². The molecule has 2 N–H and O–H groups in total. The van der Waals surface area contributed by atoms with E-state index in [0.29, 0.717) is 18.1 Å². The number of nitrogens with zero attached hydrogens (tertiary/aromatic N) is 3. The molecule has 5 rings (SSSR count). The van der Waals surface area contributed by atoms with E-state index in [1.165, 1.54) is 5.56 Å². The zero-order valence-corrected chi connectivity index (χ0v) is 17.7. The van der Waals surface area contributed by atoms with Gasteiger partial charge in [-0.05, 0) is 66.6 Å². The SMILES string of the molecule is COc1cccc(-c2cccc(C(=O)N3CCCC4(CCc5cnc(N)nc54)C3)c2)c1. The number of carbonyl (C=O) groups excluding carboxylic acids is 1. The summed E-state index contributed by atoms with van der Waals surface area (Å²) in [5.41, 5.74) is 10.7. The zero-order valence-electron chi connectivity index (χ0n) is 17.7. The number of piperidine rings is 1. The minimum atomic E-state index is -0.106. The highest BCUT2D eigenvalue weighted by Crippen LogP contribution is 2.44. The normalized spacial score (nSPS) is 20.0. The second-order valence-corrected chi connectivity index (χ2v) is 8.53. The molecule has 1 amide bonds. The Kier molecular flexibility index (Phi) is 4.85. The van der Waals surface area contributed by atoms with Gasteiger partial charge in [-0.15, -0.1) is 0 Å². The maximum absolute atomic E-state index is 13.5. The van der Waals surface area contributed by atoms with Crippen molar-refractivity contribution in [2.24, 2.45) is 0 Å². The number of hydrogen-bond donors (Lipinski definition) is 1. The smallest absolute Gasteiger partial charge is 0.253 e. The van der Waals surface area contributed by atoms with Gasteiger partial charge < -0.3 is 15.4 Å². The second-order valence-electron chi connectivity index (χ2n) is 8.53. The number of aryl methyl sites for hydroxylation is 1. The molecular formula is C25H26N4O2. The first-order valence-corrected chi connectivity index (χ1v) is 10.7. The van der Waals surface area contributed by atoms with Gasteiger partial charge in [-0.1, -0.05) is 24.3 Å². The first-order chi connectivity index (χ1) is 15.1. The van der Waals surface area contributed by atoms with Crippen LogP contribution in [0.25, 0.3) is 11.1 Å². The van der Waals surface area contributed by atoms with Gasteiger partial charge in [0.15, 0.2) is 0 Å². The number of likely N-dealkylation sites (tertiary alicyclic amines) is 1. The van der Waals surface area contributed by atoms with Gasteiger partial charge in [0.05, 0.1) is 12.8 Å². The van der Waals surface area contributed by atoms with Crippen LogP contribution in [-0.2, 0) is 11.8 Å². The molecule has 1 aliphatic heterocycles. The summed E-state index contributed by atoms with van der Waals surface area (Å²) in [7, 11) is 1.66. The molecule has 0 radical (unpaired) electrons. The van der Waals surface area contributed by atoms with Crippen molar-refractivity contribution in [3.63, 3.8) is 0 Å². The summed E-state index contributed by atoms with van der Waals surface area (Å²) in [5.74, 6) is 1.18. The lowest BCUT2D eigenvalue weighted by Crippen LogP contribution is -2.48. The molecule has 6 heteroatoms. The van der Waals surface area contributed by atoms with Crippen LogP contribution in [0.2, 0.25) is 0 Å². The third-order valence-corrected chi connectivity index (χ3v) is 6.64. The van der Waals surface area contributed by atoms with E-state index >= 15 is 0 Å². The van der Waals surface area contributed by atoms with Crippen LogP contribution >= 0.6 is 0 Å². The Morgan fingerprint density at radius 3 is 2.77 bits per heavy atom. The number of ether oxygens (including phenoxy) is 1. The van der Waals surface area contributed by atoms with Crippen molar-refractivity contribution in [2.45, 2.75) is 31.1 Å². The summed E-state index contributed by atoms with van der Waals surface area (Å²) >= 11 is 0. The Hall–Kier alpha value is -3.41. The number of amides is 1. The highest BCUT2D eigenvalue weighted by Gasteiger charge is 2.44. The number of nitrogen functional groups attached to an aromatic ring is 1. The van der Waals surface area contributed by atoms with Crippen molar-refractivity contribution < 1.29 is 9.53 Å². The average molecular weight is 415 g/mol. The number of benzene rings is 2. The molecule has 1 aromatic heterocycles. The summed E-state index contributed by atoms with van der Waals surface area (Å²) in [4.78, 5) is 24.2. The van der Waals surface area contributed by atoms with Crippen LogP contribution < -0.4 is 10.5 Å². The number of fused-ring (bicyclic) bond motifs is 2. The van der Waals surface area contributed by atoms with Crippen LogP contribution in [0.15, 0.2) is 54.7 Å². The number of rotatable bonds is 3. The lowest BCUT2D eigenvalue weighted by atomic mass is 9.77. The number of hydrogen-bond acceptors (Lipinski definition) is 5. The lowest BCUT2D eigenvalue weighted by molar-refractivity contribution is 0.0633. The van der Waals surface area contributed by atoms with E-state index in [1.807, 2.05) is 59.6 Å². The third kappa shape index (κ3) is 3.52. The Morgan fingerprint density at radius 1 is 1.13 bits per heavy atom. The van der Waals surface area contributed by atoms with Crippen molar-refractivity contribution in [2.75, 3.05) is 25.9 Å². The first kappa shape index (κ1) is 19.5. The summed E-state index contributed by atoms with van der Waals surface area (Å²) in [6, 6.07) is 15.7. The quantitative estimate of drug-likeness (QED) is 0.704. The number of anilines is 1. The molecule has 1 fully saturated rings. The lowest BCUT2D eigenvalue weighted by Gasteiger charge is -2.40. The predicted octanol–water partition coefficient (Wildman–Crippen LogP) is 3.85. The van der Waals surface area contributed by atoms with Gasteiger partial charge in [0.25, 0.3) is 5.91 Å². The maximum Gasteiger partial charge on any atom is 0.253 e. The van der Waals surface area contributed by atoms with Gasteiger partial charge in [-0.3, -0.25) is 4.79 Å². The van der Waals surface area contributed by atoms with Crippen LogP contribution in [0.4, 0.5) is 5.95 Å². The van der Waals surface area contributed by atoms with E-state index in [2.05, 4.69) is 9.97 Å². The maximum atomic E-state index is 13.5. The molecule has 1 unspecified atom stereocenters. The minimum absolute atomic E-state index is 0.0688. The molecule has 0 saturated carbocycles. The van der Waals surface area contributed by atoms with Crippen molar-refractivity contribution in [3.05, 3.63) is 71.5 Å². The van der Waals surface area contributed by atoms with Crippen molar-refractivity contribution in [1.29, 1.82) is 0 Å². The van der Waals surface area contributed by atoms with Crippen LogP contribution in [0.5, 0.6) is 5.75 Å². The van der Waals surface area contributed by atoms with Gasteiger partial charge in [0.1, 0.15) is 5.75 Å². The van der Waals surface area contributed by atoms with E-state index in [9.17, 15) is 4.79 Å². The Labute approximate surface area is 182 Å².